The molecule has 2 atom stereocenters. The van der Waals surface area contributed by atoms with Gasteiger partial charge in [0.25, 0.3) is 0 Å². The average Bonchev–Trinajstić information content (AvgIpc) is 2.93. The molecule has 0 heterocycles. The van der Waals surface area contributed by atoms with Crippen molar-refractivity contribution in [2.75, 3.05) is 0 Å². The molecule has 2 unspecified atom stereocenters. The molecule has 0 aliphatic heterocycles. The molecular formula is C14H20ClFIN3. The van der Waals surface area contributed by atoms with E-state index in [0.29, 0.717) is 16.5 Å². The van der Waals surface area contributed by atoms with E-state index in [-0.39, 0.29) is 47.3 Å². The van der Waals surface area contributed by atoms with Crippen molar-refractivity contribution in [3.05, 3.63) is 34.6 Å². The van der Waals surface area contributed by atoms with Crippen LogP contribution in [0.3, 0.4) is 0 Å². The summed E-state index contributed by atoms with van der Waals surface area (Å²) in [6, 6.07) is 4.76. The van der Waals surface area contributed by atoms with E-state index in [0.717, 1.165) is 6.42 Å². The number of hydrogen-bond acceptors (Lipinski definition) is 1. The van der Waals surface area contributed by atoms with Gasteiger partial charge < -0.3 is 11.1 Å². The zero-order chi connectivity index (χ0) is 14.2. The fraction of sp³-hybridized carbons (Fsp3) is 0.500. The first kappa shape index (κ1) is 17.5. The molecule has 0 amide bonds. The van der Waals surface area contributed by atoms with Gasteiger partial charge in [0.05, 0.1) is 6.04 Å². The lowest BCUT2D eigenvalue weighted by Gasteiger charge is -2.21. The molecule has 1 fully saturated rings. The number of nitrogens with zero attached hydrogens (tertiary/aromatic N) is 1. The predicted molar refractivity (Wildman–Crippen MR) is 92.5 cm³/mol. The van der Waals surface area contributed by atoms with Crippen LogP contribution in [0.2, 0.25) is 5.02 Å². The second-order valence-corrected chi connectivity index (χ2v) is 6.34. The third kappa shape index (κ3) is 4.48. The van der Waals surface area contributed by atoms with Crippen molar-refractivity contribution in [2.45, 2.75) is 44.7 Å². The number of hydrogen-bond donors (Lipinski definition) is 2. The second kappa shape index (κ2) is 6.47. The Kier molecular flexibility index (Phi) is 5.66. The molecule has 20 heavy (non-hydrogen) atoms. The van der Waals surface area contributed by atoms with Crippen molar-refractivity contribution in [1.29, 1.82) is 0 Å². The van der Waals surface area contributed by atoms with Crippen molar-refractivity contribution >= 4 is 41.5 Å². The number of nitrogens with two attached hydrogens (primary N) is 1. The maximum absolute atomic E-state index is 13.7. The minimum Gasteiger partial charge on any atom is -0.370 e. The van der Waals surface area contributed by atoms with Crippen LogP contribution in [0.4, 0.5) is 4.39 Å². The summed E-state index contributed by atoms with van der Waals surface area (Å²) in [7, 11) is 0. The monoisotopic (exact) mass is 411 g/mol. The summed E-state index contributed by atoms with van der Waals surface area (Å²) < 4.78 is 13.7. The van der Waals surface area contributed by atoms with Crippen LogP contribution in [0.5, 0.6) is 0 Å². The zero-order valence-electron chi connectivity index (χ0n) is 11.8. The highest BCUT2D eigenvalue weighted by atomic mass is 127. The number of guanidine groups is 1. The SMILES string of the molecule is CC(C)(C)NC(N)=NC1CC1c1c(F)cccc1Cl.I. The first-order chi connectivity index (χ1) is 8.78. The topological polar surface area (TPSA) is 50.4 Å². The average molecular weight is 412 g/mol. The first-order valence-corrected chi connectivity index (χ1v) is 6.71. The molecule has 1 aromatic rings. The summed E-state index contributed by atoms with van der Waals surface area (Å²) in [4.78, 5) is 4.37. The van der Waals surface area contributed by atoms with Crippen LogP contribution in [0.15, 0.2) is 23.2 Å². The minimum absolute atomic E-state index is 0. The molecule has 0 spiro atoms. The Hall–Kier alpha value is -0.560. The van der Waals surface area contributed by atoms with E-state index in [1.165, 1.54) is 6.07 Å². The summed E-state index contributed by atoms with van der Waals surface area (Å²) >= 11 is 6.04. The van der Waals surface area contributed by atoms with Gasteiger partial charge in [-0.25, -0.2) is 9.38 Å². The van der Waals surface area contributed by atoms with Crippen molar-refractivity contribution in [2.24, 2.45) is 10.7 Å². The zero-order valence-corrected chi connectivity index (χ0v) is 14.9. The quantitative estimate of drug-likeness (QED) is 0.443. The van der Waals surface area contributed by atoms with Crippen LogP contribution in [-0.2, 0) is 0 Å². The molecule has 3 nitrogen and oxygen atoms in total. The van der Waals surface area contributed by atoms with Gasteiger partial charge in [0, 0.05) is 22.0 Å². The minimum atomic E-state index is -0.266. The van der Waals surface area contributed by atoms with Gasteiger partial charge in [-0.2, -0.15) is 0 Å². The molecule has 2 rings (SSSR count). The molecule has 3 N–H and O–H groups in total. The first-order valence-electron chi connectivity index (χ1n) is 6.33. The Morgan fingerprint density at radius 3 is 2.65 bits per heavy atom. The highest BCUT2D eigenvalue weighted by Gasteiger charge is 2.41. The van der Waals surface area contributed by atoms with Gasteiger partial charge in [0.15, 0.2) is 5.96 Å². The molecule has 112 valence electrons. The maximum Gasteiger partial charge on any atom is 0.189 e. The van der Waals surface area contributed by atoms with Crippen LogP contribution < -0.4 is 11.1 Å². The van der Waals surface area contributed by atoms with Crippen LogP contribution in [0, 0.1) is 5.82 Å². The van der Waals surface area contributed by atoms with Crippen LogP contribution >= 0.6 is 35.6 Å². The maximum atomic E-state index is 13.7. The lowest BCUT2D eigenvalue weighted by Crippen LogP contribution is -2.45. The highest BCUT2D eigenvalue weighted by Crippen LogP contribution is 2.47. The van der Waals surface area contributed by atoms with Crippen molar-refractivity contribution in [1.82, 2.24) is 5.32 Å². The normalized spacial score (nSPS) is 22.1. The number of benzene rings is 1. The van der Waals surface area contributed by atoms with Crippen LogP contribution in [-0.4, -0.2) is 17.5 Å². The Balaban J connectivity index is 0.00000200. The lowest BCUT2D eigenvalue weighted by molar-refractivity contribution is 0.508. The molecule has 0 saturated heterocycles. The van der Waals surface area contributed by atoms with E-state index < -0.39 is 0 Å². The lowest BCUT2D eigenvalue weighted by atomic mass is 10.1. The molecule has 1 saturated carbocycles. The van der Waals surface area contributed by atoms with Gasteiger partial charge in [0.1, 0.15) is 5.82 Å². The van der Waals surface area contributed by atoms with Crippen molar-refractivity contribution in [3.63, 3.8) is 0 Å². The molecule has 1 aliphatic rings. The molecular weight excluding hydrogens is 392 g/mol. The predicted octanol–water partition coefficient (Wildman–Crippen LogP) is 3.66. The van der Waals surface area contributed by atoms with Gasteiger partial charge in [-0.1, -0.05) is 17.7 Å². The molecule has 0 radical (unpaired) electrons. The number of rotatable bonds is 2. The van der Waals surface area contributed by atoms with Gasteiger partial charge in [-0.05, 0) is 39.3 Å². The van der Waals surface area contributed by atoms with E-state index in [2.05, 4.69) is 10.3 Å². The number of aliphatic imine (C=N–C) groups is 1. The van der Waals surface area contributed by atoms with E-state index in [1.54, 1.807) is 12.1 Å². The summed E-state index contributed by atoms with van der Waals surface area (Å²) in [5.41, 5.74) is 6.25. The number of nitrogens with one attached hydrogen (secondary N) is 1. The smallest absolute Gasteiger partial charge is 0.189 e. The van der Waals surface area contributed by atoms with Crippen LogP contribution in [0.1, 0.15) is 38.7 Å². The third-order valence-corrected chi connectivity index (χ3v) is 3.26. The fourth-order valence-electron chi connectivity index (χ4n) is 2.09. The van der Waals surface area contributed by atoms with Gasteiger partial charge in [-0.15, -0.1) is 24.0 Å². The van der Waals surface area contributed by atoms with E-state index in [1.807, 2.05) is 20.8 Å². The van der Waals surface area contributed by atoms with E-state index >= 15 is 0 Å². The second-order valence-electron chi connectivity index (χ2n) is 5.93. The van der Waals surface area contributed by atoms with Gasteiger partial charge >= 0.3 is 0 Å². The van der Waals surface area contributed by atoms with E-state index in [4.69, 9.17) is 17.3 Å². The molecule has 1 aromatic carbocycles. The molecule has 1 aliphatic carbocycles. The standard InChI is InChI=1S/C14H19ClFN3.HI/c1-14(2,3)19-13(17)18-11-7-8(11)12-9(15)5-4-6-10(12)16;/h4-6,8,11H,7H2,1-3H3,(H3,17,18,19);1H. The Labute approximate surface area is 141 Å². The third-order valence-electron chi connectivity index (χ3n) is 2.94. The van der Waals surface area contributed by atoms with Gasteiger partial charge in [0.2, 0.25) is 0 Å². The summed E-state index contributed by atoms with van der Waals surface area (Å²) in [5.74, 6) is 0.166. The Bertz CT molecular complexity index is 493. The highest BCUT2D eigenvalue weighted by molar-refractivity contribution is 14.0. The number of halogens is 3. The molecule has 0 aromatic heterocycles. The molecule has 6 heteroatoms. The van der Waals surface area contributed by atoms with E-state index in [9.17, 15) is 4.39 Å². The summed E-state index contributed by atoms with van der Waals surface area (Å²) in [5, 5.41) is 3.56. The van der Waals surface area contributed by atoms with Crippen molar-refractivity contribution in [3.8, 4) is 0 Å². The largest absolute Gasteiger partial charge is 0.370 e. The van der Waals surface area contributed by atoms with Crippen LogP contribution in [0.25, 0.3) is 0 Å². The Morgan fingerprint density at radius 1 is 1.45 bits per heavy atom. The summed E-state index contributed by atoms with van der Waals surface area (Å²) in [6.07, 6.45) is 0.785. The van der Waals surface area contributed by atoms with Gasteiger partial charge in [-0.3, -0.25) is 0 Å². The summed E-state index contributed by atoms with van der Waals surface area (Å²) in [6.45, 7) is 6.02. The van der Waals surface area contributed by atoms with Crippen molar-refractivity contribution < 1.29 is 4.39 Å². The Morgan fingerprint density at radius 2 is 2.10 bits per heavy atom. The molecule has 0 bridgehead atoms. The fourth-order valence-corrected chi connectivity index (χ4v) is 2.40.